The highest BCUT2D eigenvalue weighted by Gasteiger charge is 2.33. The van der Waals surface area contributed by atoms with Gasteiger partial charge in [-0.1, -0.05) is 12.1 Å². The van der Waals surface area contributed by atoms with Crippen LogP contribution in [0.5, 0.6) is 0 Å². The number of alkyl halides is 3. The lowest BCUT2D eigenvalue weighted by molar-refractivity contribution is -0.137. The van der Waals surface area contributed by atoms with Crippen molar-refractivity contribution in [3.05, 3.63) is 77.4 Å². The van der Waals surface area contributed by atoms with E-state index in [0.717, 1.165) is 17.2 Å². The molecule has 0 unspecified atom stereocenters. The molecule has 10 heteroatoms. The minimum Gasteiger partial charge on any atom is -0.309 e. The van der Waals surface area contributed by atoms with Gasteiger partial charge in [-0.2, -0.15) is 13.2 Å². The van der Waals surface area contributed by atoms with Crippen molar-refractivity contribution >= 4 is 21.4 Å². The van der Waals surface area contributed by atoms with Crippen LogP contribution in [0, 0.1) is 12.7 Å². The van der Waals surface area contributed by atoms with Gasteiger partial charge in [0.15, 0.2) is 9.84 Å². The fraction of sp³-hybridized carbons (Fsp3) is 0.182. The van der Waals surface area contributed by atoms with Crippen molar-refractivity contribution in [2.24, 2.45) is 0 Å². The predicted octanol–water partition coefficient (Wildman–Crippen LogP) is 4.90. The van der Waals surface area contributed by atoms with Crippen molar-refractivity contribution in [1.29, 1.82) is 0 Å². The van der Waals surface area contributed by atoms with Crippen LogP contribution in [-0.4, -0.2) is 32.6 Å². The van der Waals surface area contributed by atoms with Gasteiger partial charge in [-0.3, -0.25) is 9.78 Å². The molecule has 0 atom stereocenters. The van der Waals surface area contributed by atoms with Gasteiger partial charge in [0.2, 0.25) is 0 Å². The molecule has 0 radical (unpaired) electrons. The van der Waals surface area contributed by atoms with Crippen LogP contribution in [-0.2, 0) is 16.0 Å². The van der Waals surface area contributed by atoms with Crippen molar-refractivity contribution in [1.82, 2.24) is 4.98 Å². The van der Waals surface area contributed by atoms with E-state index in [1.165, 1.54) is 31.6 Å². The number of benzene rings is 2. The van der Waals surface area contributed by atoms with Crippen LogP contribution in [0.1, 0.15) is 21.5 Å². The van der Waals surface area contributed by atoms with E-state index >= 15 is 0 Å². The van der Waals surface area contributed by atoms with E-state index in [4.69, 9.17) is 0 Å². The third-order valence-electron chi connectivity index (χ3n) is 4.93. The molecular weight excluding hydrogens is 448 g/mol. The minimum atomic E-state index is -4.85. The number of hydrogen-bond acceptors (Lipinski definition) is 4. The van der Waals surface area contributed by atoms with Crippen molar-refractivity contribution in [3.8, 4) is 11.1 Å². The first-order valence-corrected chi connectivity index (χ1v) is 11.1. The van der Waals surface area contributed by atoms with Gasteiger partial charge in [-0.05, 0) is 48.4 Å². The highest BCUT2D eigenvalue weighted by molar-refractivity contribution is 7.90. The summed E-state index contributed by atoms with van der Waals surface area (Å²) >= 11 is 0. The molecule has 3 aromatic rings. The summed E-state index contributed by atoms with van der Waals surface area (Å²) in [6.45, 7) is 1.56. The van der Waals surface area contributed by atoms with Gasteiger partial charge < -0.3 is 4.90 Å². The monoisotopic (exact) mass is 466 g/mol. The Labute approximate surface area is 182 Å². The molecule has 0 spiro atoms. The lowest BCUT2D eigenvalue weighted by Gasteiger charge is -2.22. The van der Waals surface area contributed by atoms with Gasteiger partial charge >= 0.3 is 6.18 Å². The standard InChI is InChI=1S/C22H18F4N2O3S/c1-13-17(5-4-6-19(13)23)18-7-8-27-12-20(18)28(2)21(29)14-9-15(22(24,25)26)11-16(10-14)32(3,30)31/h4-12H,1-3H3. The van der Waals surface area contributed by atoms with Crippen LogP contribution in [0.25, 0.3) is 11.1 Å². The van der Waals surface area contributed by atoms with E-state index in [2.05, 4.69) is 4.98 Å². The lowest BCUT2D eigenvalue weighted by atomic mass is 9.99. The summed E-state index contributed by atoms with van der Waals surface area (Å²) in [5.74, 6) is -1.35. The minimum absolute atomic E-state index is 0.213. The lowest BCUT2D eigenvalue weighted by Crippen LogP contribution is -2.27. The topological polar surface area (TPSA) is 67.3 Å². The van der Waals surface area contributed by atoms with Crippen molar-refractivity contribution in [2.75, 3.05) is 18.2 Å². The van der Waals surface area contributed by atoms with Crippen LogP contribution in [0.2, 0.25) is 0 Å². The maximum absolute atomic E-state index is 14.1. The quantitative estimate of drug-likeness (QED) is 0.514. The zero-order valence-corrected chi connectivity index (χ0v) is 18.1. The van der Waals surface area contributed by atoms with E-state index in [-0.39, 0.29) is 5.69 Å². The molecule has 3 rings (SSSR count). The number of anilines is 1. The zero-order valence-electron chi connectivity index (χ0n) is 17.2. The predicted molar refractivity (Wildman–Crippen MR) is 112 cm³/mol. The van der Waals surface area contributed by atoms with Gasteiger partial charge in [-0.25, -0.2) is 12.8 Å². The number of carbonyl (C=O) groups excluding carboxylic acids is 1. The fourth-order valence-electron chi connectivity index (χ4n) is 3.18. The number of rotatable bonds is 4. The summed E-state index contributed by atoms with van der Waals surface area (Å²) in [5, 5.41) is 0. The Bertz CT molecular complexity index is 1300. The molecule has 32 heavy (non-hydrogen) atoms. The maximum Gasteiger partial charge on any atom is 0.416 e. The molecule has 0 N–H and O–H groups in total. The van der Waals surface area contributed by atoms with Crippen LogP contribution >= 0.6 is 0 Å². The zero-order chi connectivity index (χ0) is 23.8. The Hall–Kier alpha value is -3.27. The summed E-state index contributed by atoms with van der Waals surface area (Å²) in [6.07, 6.45) is -1.34. The first-order chi connectivity index (χ1) is 14.8. The maximum atomic E-state index is 14.1. The molecule has 0 aliphatic rings. The SMILES string of the molecule is Cc1c(F)cccc1-c1ccncc1N(C)C(=O)c1cc(C(F)(F)F)cc(S(C)(=O)=O)c1. The Kier molecular flexibility index (Phi) is 6.10. The smallest absolute Gasteiger partial charge is 0.309 e. The highest BCUT2D eigenvalue weighted by atomic mass is 32.2. The average molecular weight is 466 g/mol. The van der Waals surface area contributed by atoms with E-state index in [9.17, 15) is 30.8 Å². The molecule has 1 aromatic heterocycles. The Balaban J connectivity index is 2.14. The average Bonchev–Trinajstić information content (AvgIpc) is 2.73. The number of nitrogens with zero attached hydrogens (tertiary/aromatic N) is 2. The summed E-state index contributed by atoms with van der Waals surface area (Å²) in [7, 11) is -2.70. The van der Waals surface area contributed by atoms with Crippen LogP contribution < -0.4 is 4.90 Å². The Morgan fingerprint density at radius 1 is 1.06 bits per heavy atom. The molecule has 2 aromatic carbocycles. The first kappa shape index (κ1) is 23.4. The second kappa shape index (κ2) is 8.34. The van der Waals surface area contributed by atoms with Crippen molar-refractivity contribution < 1.29 is 30.8 Å². The van der Waals surface area contributed by atoms with E-state index in [1.54, 1.807) is 19.1 Å². The van der Waals surface area contributed by atoms with E-state index < -0.39 is 43.8 Å². The normalized spacial score (nSPS) is 12.0. The number of carbonyl (C=O) groups is 1. The molecule has 0 fully saturated rings. The molecule has 0 aliphatic heterocycles. The number of hydrogen-bond donors (Lipinski definition) is 0. The largest absolute Gasteiger partial charge is 0.416 e. The van der Waals surface area contributed by atoms with Crippen LogP contribution in [0.4, 0.5) is 23.2 Å². The number of halogens is 4. The first-order valence-electron chi connectivity index (χ1n) is 9.20. The van der Waals surface area contributed by atoms with Gasteiger partial charge in [0.1, 0.15) is 5.82 Å². The summed E-state index contributed by atoms with van der Waals surface area (Å²) in [5.41, 5.74) is -0.284. The number of amides is 1. The van der Waals surface area contributed by atoms with Gasteiger partial charge in [0.25, 0.3) is 5.91 Å². The molecule has 0 saturated carbocycles. The third kappa shape index (κ3) is 4.64. The van der Waals surface area contributed by atoms with Gasteiger partial charge in [0, 0.05) is 30.6 Å². The van der Waals surface area contributed by atoms with Crippen molar-refractivity contribution in [2.45, 2.75) is 18.0 Å². The highest BCUT2D eigenvalue weighted by Crippen LogP contribution is 2.35. The van der Waals surface area contributed by atoms with Crippen LogP contribution in [0.15, 0.2) is 59.8 Å². The molecule has 1 amide bonds. The number of sulfone groups is 1. The second-order valence-electron chi connectivity index (χ2n) is 7.19. The molecule has 0 bridgehead atoms. The second-order valence-corrected chi connectivity index (χ2v) is 9.20. The van der Waals surface area contributed by atoms with E-state index in [1.807, 2.05) is 0 Å². The summed E-state index contributed by atoms with van der Waals surface area (Å²) in [4.78, 5) is 17.5. The fourth-order valence-corrected chi connectivity index (χ4v) is 3.87. The van der Waals surface area contributed by atoms with Gasteiger partial charge in [-0.15, -0.1) is 0 Å². The molecular formula is C22H18F4N2O3S. The molecule has 0 saturated heterocycles. The third-order valence-corrected chi connectivity index (χ3v) is 6.02. The molecule has 1 heterocycles. The van der Waals surface area contributed by atoms with Crippen molar-refractivity contribution in [3.63, 3.8) is 0 Å². The van der Waals surface area contributed by atoms with Gasteiger partial charge in [0.05, 0.1) is 22.3 Å². The summed E-state index contributed by atoms with van der Waals surface area (Å²) < 4.78 is 77.8. The number of aromatic nitrogens is 1. The molecule has 5 nitrogen and oxygen atoms in total. The number of pyridine rings is 1. The van der Waals surface area contributed by atoms with E-state index in [0.29, 0.717) is 28.8 Å². The molecule has 0 aliphatic carbocycles. The van der Waals surface area contributed by atoms with Crippen LogP contribution in [0.3, 0.4) is 0 Å². The Morgan fingerprint density at radius 2 is 1.75 bits per heavy atom. The molecule has 168 valence electrons. The summed E-state index contributed by atoms with van der Waals surface area (Å²) in [6, 6.07) is 7.94. The Morgan fingerprint density at radius 3 is 2.38 bits per heavy atom.